The summed E-state index contributed by atoms with van der Waals surface area (Å²) in [4.78, 5) is 35.5. The lowest BCUT2D eigenvalue weighted by Crippen LogP contribution is -2.38. The van der Waals surface area contributed by atoms with Crippen LogP contribution in [0, 0.1) is 5.92 Å². The fourth-order valence-corrected chi connectivity index (χ4v) is 2.20. The van der Waals surface area contributed by atoms with Crippen LogP contribution in [0.4, 0.5) is 0 Å². The Morgan fingerprint density at radius 1 is 1.24 bits per heavy atom. The van der Waals surface area contributed by atoms with Crippen LogP contribution >= 0.6 is 0 Å². The third kappa shape index (κ3) is 7.11. The number of carbonyl (C=O) groups is 3. The van der Waals surface area contributed by atoms with Crippen molar-refractivity contribution in [2.24, 2.45) is 5.92 Å². The number of nitrogens with zero attached hydrogens (tertiary/aromatic N) is 1. The summed E-state index contributed by atoms with van der Waals surface area (Å²) < 4.78 is 0. The zero-order chi connectivity index (χ0) is 15.8. The first-order valence-electron chi connectivity index (χ1n) is 7.68. The Labute approximate surface area is 125 Å². The first-order valence-corrected chi connectivity index (χ1v) is 7.68. The highest BCUT2D eigenvalue weighted by molar-refractivity contribution is 5.78. The van der Waals surface area contributed by atoms with E-state index in [2.05, 4.69) is 5.32 Å². The van der Waals surface area contributed by atoms with E-state index >= 15 is 0 Å². The second-order valence-corrected chi connectivity index (χ2v) is 5.81. The average molecular weight is 298 g/mol. The van der Waals surface area contributed by atoms with Crippen LogP contribution in [0.5, 0.6) is 0 Å². The van der Waals surface area contributed by atoms with Crippen molar-refractivity contribution < 1.29 is 19.5 Å². The van der Waals surface area contributed by atoms with Crippen LogP contribution in [-0.4, -0.2) is 46.9 Å². The zero-order valence-corrected chi connectivity index (χ0v) is 12.9. The van der Waals surface area contributed by atoms with Gasteiger partial charge in [0.05, 0.1) is 5.92 Å². The van der Waals surface area contributed by atoms with Gasteiger partial charge in [0.1, 0.15) is 0 Å². The van der Waals surface area contributed by atoms with Crippen molar-refractivity contribution in [2.45, 2.75) is 58.4 Å². The molecule has 0 aromatic carbocycles. The second kappa shape index (κ2) is 8.64. The van der Waals surface area contributed by atoms with Crippen LogP contribution in [0.3, 0.4) is 0 Å². The summed E-state index contributed by atoms with van der Waals surface area (Å²) in [5.74, 6) is -1.35. The van der Waals surface area contributed by atoms with Crippen molar-refractivity contribution in [2.75, 3.05) is 13.1 Å². The predicted molar refractivity (Wildman–Crippen MR) is 78.7 cm³/mol. The number of rotatable bonds is 10. The van der Waals surface area contributed by atoms with Gasteiger partial charge in [-0.05, 0) is 25.7 Å². The number of carbonyl (C=O) groups excluding carboxylic acids is 2. The van der Waals surface area contributed by atoms with Crippen LogP contribution in [0.2, 0.25) is 0 Å². The number of hydrogen-bond donors (Lipinski definition) is 2. The van der Waals surface area contributed by atoms with Crippen molar-refractivity contribution in [3.05, 3.63) is 0 Å². The number of carboxylic acid groups (broad SMARTS) is 1. The molecular weight excluding hydrogens is 272 g/mol. The fourth-order valence-electron chi connectivity index (χ4n) is 2.20. The maximum absolute atomic E-state index is 12.2. The fraction of sp³-hybridized carbons (Fsp3) is 0.800. The predicted octanol–water partition coefficient (Wildman–Crippen LogP) is 1.39. The number of unbranched alkanes of at least 4 members (excludes halogenated alkanes) is 2. The van der Waals surface area contributed by atoms with E-state index in [0.29, 0.717) is 19.5 Å². The maximum Gasteiger partial charge on any atom is 0.308 e. The Kier molecular flexibility index (Phi) is 7.19. The number of aliphatic carboxylic acids is 1. The summed E-state index contributed by atoms with van der Waals surface area (Å²) in [5.41, 5.74) is 0. The van der Waals surface area contributed by atoms with Gasteiger partial charge in [-0.2, -0.15) is 0 Å². The van der Waals surface area contributed by atoms with Gasteiger partial charge in [0.15, 0.2) is 0 Å². The Morgan fingerprint density at radius 2 is 1.90 bits per heavy atom. The molecule has 1 aliphatic rings. The van der Waals surface area contributed by atoms with Crippen LogP contribution in [0.15, 0.2) is 0 Å². The zero-order valence-electron chi connectivity index (χ0n) is 12.9. The highest BCUT2D eigenvalue weighted by atomic mass is 16.4. The van der Waals surface area contributed by atoms with Gasteiger partial charge < -0.3 is 15.3 Å². The maximum atomic E-state index is 12.2. The van der Waals surface area contributed by atoms with Gasteiger partial charge in [-0.1, -0.05) is 13.3 Å². The second-order valence-electron chi connectivity index (χ2n) is 5.81. The smallest absolute Gasteiger partial charge is 0.308 e. The van der Waals surface area contributed by atoms with Crippen LogP contribution < -0.4 is 5.32 Å². The quantitative estimate of drug-likeness (QED) is 0.597. The molecule has 1 aliphatic carbocycles. The third-order valence-electron chi connectivity index (χ3n) is 3.64. The Morgan fingerprint density at radius 3 is 2.43 bits per heavy atom. The Balaban J connectivity index is 2.24. The topological polar surface area (TPSA) is 86.7 Å². The molecule has 0 heterocycles. The largest absolute Gasteiger partial charge is 0.481 e. The lowest BCUT2D eigenvalue weighted by Gasteiger charge is -2.24. The monoisotopic (exact) mass is 298 g/mol. The van der Waals surface area contributed by atoms with Crippen molar-refractivity contribution in [3.63, 3.8) is 0 Å². The molecule has 0 aliphatic heterocycles. The van der Waals surface area contributed by atoms with Gasteiger partial charge in [-0.3, -0.25) is 14.4 Å². The highest BCUT2D eigenvalue weighted by Gasteiger charge is 2.33. The molecule has 1 atom stereocenters. The standard InChI is InChI=1S/C15H26N2O4/c1-11(15(20)21)10-17(13-7-8-13)14(19)6-4-3-5-9-16-12(2)18/h11,13H,3-10H2,1-2H3,(H,16,18)(H,20,21). The first kappa shape index (κ1) is 17.5. The van der Waals surface area contributed by atoms with Gasteiger partial charge in [0.2, 0.25) is 11.8 Å². The molecular formula is C15H26N2O4. The van der Waals surface area contributed by atoms with E-state index in [-0.39, 0.29) is 17.9 Å². The van der Waals surface area contributed by atoms with Gasteiger partial charge in [-0.15, -0.1) is 0 Å². The minimum atomic E-state index is -0.858. The molecule has 0 saturated heterocycles. The van der Waals surface area contributed by atoms with Crippen molar-refractivity contribution in [1.29, 1.82) is 0 Å². The van der Waals surface area contributed by atoms with E-state index in [1.54, 1.807) is 11.8 Å². The van der Waals surface area contributed by atoms with Crippen LogP contribution in [0.25, 0.3) is 0 Å². The molecule has 21 heavy (non-hydrogen) atoms. The minimum absolute atomic E-state index is 0.0337. The van der Waals surface area contributed by atoms with Gasteiger partial charge in [-0.25, -0.2) is 0 Å². The third-order valence-corrected chi connectivity index (χ3v) is 3.64. The molecule has 0 aromatic heterocycles. The van der Waals surface area contributed by atoms with Gasteiger partial charge >= 0.3 is 5.97 Å². The molecule has 0 spiro atoms. The van der Waals surface area contributed by atoms with E-state index in [1.165, 1.54) is 6.92 Å². The van der Waals surface area contributed by atoms with Crippen LogP contribution in [-0.2, 0) is 14.4 Å². The normalized spacial score (nSPS) is 15.3. The average Bonchev–Trinajstić information content (AvgIpc) is 3.23. The molecule has 1 fully saturated rings. The number of amides is 2. The minimum Gasteiger partial charge on any atom is -0.481 e. The summed E-state index contributed by atoms with van der Waals surface area (Å²) in [6, 6.07) is 0.249. The summed E-state index contributed by atoms with van der Waals surface area (Å²) in [6.07, 6.45) is 4.97. The van der Waals surface area contributed by atoms with E-state index in [0.717, 1.165) is 32.1 Å². The Hall–Kier alpha value is -1.59. The van der Waals surface area contributed by atoms with Gasteiger partial charge in [0.25, 0.3) is 0 Å². The van der Waals surface area contributed by atoms with Crippen molar-refractivity contribution >= 4 is 17.8 Å². The summed E-state index contributed by atoms with van der Waals surface area (Å²) in [7, 11) is 0. The van der Waals surface area contributed by atoms with Crippen LogP contribution in [0.1, 0.15) is 52.4 Å². The summed E-state index contributed by atoms with van der Waals surface area (Å²) in [6.45, 7) is 4.08. The number of hydrogen-bond acceptors (Lipinski definition) is 3. The van der Waals surface area contributed by atoms with Crippen molar-refractivity contribution in [1.82, 2.24) is 10.2 Å². The first-order chi connectivity index (χ1) is 9.91. The lowest BCUT2D eigenvalue weighted by molar-refractivity contribution is -0.143. The molecule has 1 unspecified atom stereocenters. The van der Waals surface area contributed by atoms with E-state index < -0.39 is 11.9 Å². The Bertz CT molecular complexity index is 380. The number of nitrogens with one attached hydrogen (secondary N) is 1. The van der Waals surface area contributed by atoms with E-state index in [4.69, 9.17) is 5.11 Å². The summed E-state index contributed by atoms with van der Waals surface area (Å²) >= 11 is 0. The molecule has 0 radical (unpaired) electrons. The molecule has 120 valence electrons. The number of carboxylic acids is 1. The summed E-state index contributed by atoms with van der Waals surface area (Å²) in [5, 5.41) is 11.7. The SMILES string of the molecule is CC(=O)NCCCCCC(=O)N(CC(C)C(=O)O)C1CC1. The van der Waals surface area contributed by atoms with Crippen molar-refractivity contribution in [3.8, 4) is 0 Å². The highest BCUT2D eigenvalue weighted by Crippen LogP contribution is 2.28. The molecule has 2 N–H and O–H groups in total. The molecule has 0 bridgehead atoms. The van der Waals surface area contributed by atoms with Gasteiger partial charge in [0, 0.05) is 32.5 Å². The molecule has 0 aromatic rings. The molecule has 6 nitrogen and oxygen atoms in total. The molecule has 6 heteroatoms. The molecule has 1 rings (SSSR count). The van der Waals surface area contributed by atoms with E-state index in [9.17, 15) is 14.4 Å². The molecule has 2 amide bonds. The molecule has 1 saturated carbocycles. The lowest BCUT2D eigenvalue weighted by atomic mass is 10.1. The van der Waals surface area contributed by atoms with E-state index in [1.807, 2.05) is 0 Å².